The molecule has 40 heavy (non-hydrogen) atoms. The zero-order chi connectivity index (χ0) is 27.8. The van der Waals surface area contributed by atoms with Crippen LogP contribution in [0.25, 0.3) is 33.3 Å². The molecule has 2 aromatic carbocycles. The summed E-state index contributed by atoms with van der Waals surface area (Å²) in [4.78, 5) is 11.3. The van der Waals surface area contributed by atoms with E-state index in [4.69, 9.17) is 25.0 Å². The molecule has 10 nitrogen and oxygen atoms in total. The Labute approximate surface area is 230 Å². The highest BCUT2D eigenvalue weighted by molar-refractivity contribution is 5.91. The fourth-order valence-corrected chi connectivity index (χ4v) is 5.65. The van der Waals surface area contributed by atoms with Gasteiger partial charge < -0.3 is 19.9 Å². The third kappa shape index (κ3) is 4.86. The summed E-state index contributed by atoms with van der Waals surface area (Å²) in [5, 5.41) is 19.6. The molecule has 1 amide bonds. The summed E-state index contributed by atoms with van der Waals surface area (Å²) in [6.45, 7) is 1.07. The van der Waals surface area contributed by atoms with Crippen LogP contribution in [-0.4, -0.2) is 51.1 Å². The van der Waals surface area contributed by atoms with E-state index in [-0.39, 0.29) is 23.8 Å². The van der Waals surface area contributed by atoms with E-state index in [9.17, 15) is 14.4 Å². The Balaban J connectivity index is 1.51. The summed E-state index contributed by atoms with van der Waals surface area (Å²) in [6, 6.07) is 12.4. The molecule has 1 saturated carbocycles. The summed E-state index contributed by atoms with van der Waals surface area (Å²) >= 11 is 0. The maximum atomic E-state index is 14.9. The first-order valence-corrected chi connectivity index (χ1v) is 13.4. The molecule has 0 radical (unpaired) electrons. The summed E-state index contributed by atoms with van der Waals surface area (Å²) in [7, 11) is 1.89. The number of carbonyl (C=O) groups is 1. The second-order valence-corrected chi connectivity index (χ2v) is 10.3. The quantitative estimate of drug-likeness (QED) is 0.367. The van der Waals surface area contributed by atoms with Gasteiger partial charge >= 0.3 is 6.09 Å². The van der Waals surface area contributed by atoms with Gasteiger partial charge in [0.2, 0.25) is 5.88 Å². The number of hydrogen-bond donors (Lipinski definition) is 1. The molecule has 4 aromatic rings. The highest BCUT2D eigenvalue weighted by Crippen LogP contribution is 2.45. The van der Waals surface area contributed by atoms with E-state index in [1.807, 2.05) is 36.0 Å². The summed E-state index contributed by atoms with van der Waals surface area (Å²) in [6.07, 6.45) is 4.04. The van der Waals surface area contributed by atoms with Crippen LogP contribution < -0.4 is 10.5 Å². The maximum absolute atomic E-state index is 14.9. The number of halogens is 1. The van der Waals surface area contributed by atoms with E-state index < -0.39 is 11.9 Å². The van der Waals surface area contributed by atoms with Gasteiger partial charge in [0.05, 0.1) is 42.1 Å². The normalized spacial score (nSPS) is 20.9. The Morgan fingerprint density at radius 1 is 1.12 bits per heavy atom. The van der Waals surface area contributed by atoms with Crippen molar-refractivity contribution in [2.45, 2.75) is 50.4 Å². The largest absolute Gasteiger partial charge is 0.472 e. The Morgan fingerprint density at radius 3 is 2.62 bits per heavy atom. The van der Waals surface area contributed by atoms with E-state index in [0.717, 1.165) is 28.5 Å². The monoisotopic (exact) mass is 544 g/mol. The van der Waals surface area contributed by atoms with Gasteiger partial charge in [-0.25, -0.2) is 13.9 Å². The number of benzene rings is 2. The first kappa shape index (κ1) is 25.8. The van der Waals surface area contributed by atoms with Crippen LogP contribution in [0.2, 0.25) is 0 Å². The Hall–Kier alpha value is -4.43. The molecule has 11 heteroatoms. The second kappa shape index (κ2) is 10.6. The number of amides is 1. The second-order valence-electron chi connectivity index (χ2n) is 10.3. The lowest BCUT2D eigenvalue weighted by atomic mass is 9.93. The van der Waals surface area contributed by atoms with E-state index >= 15 is 0 Å². The number of ether oxygens (including phenoxy) is 3. The number of hydrogen-bond acceptors (Lipinski definition) is 7. The minimum atomic E-state index is -0.772. The molecule has 2 N–H and O–H groups in total. The zero-order valence-electron chi connectivity index (χ0n) is 22.0. The molecule has 1 aliphatic heterocycles. The average molecular weight is 545 g/mol. The van der Waals surface area contributed by atoms with Crippen molar-refractivity contribution in [3.63, 3.8) is 0 Å². The minimum absolute atomic E-state index is 0.0335. The van der Waals surface area contributed by atoms with Gasteiger partial charge in [0.1, 0.15) is 29.8 Å². The van der Waals surface area contributed by atoms with Crippen LogP contribution in [0.15, 0.2) is 42.6 Å². The predicted octanol–water partition coefficient (Wildman–Crippen LogP) is 4.86. The summed E-state index contributed by atoms with van der Waals surface area (Å²) in [5.74, 6) is -0.0308. The lowest BCUT2D eigenvalue weighted by Crippen LogP contribution is -2.29. The molecule has 2 fully saturated rings. The summed E-state index contributed by atoms with van der Waals surface area (Å²) in [5.41, 5.74) is 8.86. The van der Waals surface area contributed by atoms with E-state index in [1.165, 1.54) is 12.1 Å². The molecule has 0 bridgehead atoms. The first-order valence-electron chi connectivity index (χ1n) is 13.4. The van der Waals surface area contributed by atoms with Crippen LogP contribution in [0.5, 0.6) is 5.88 Å². The zero-order valence-corrected chi connectivity index (χ0v) is 22.0. The lowest BCUT2D eigenvalue weighted by molar-refractivity contribution is 0.0676. The number of primary amides is 1. The van der Waals surface area contributed by atoms with Gasteiger partial charge in [-0.3, -0.25) is 4.68 Å². The molecule has 1 atom stereocenters. The molecule has 6 rings (SSSR count). The number of rotatable bonds is 6. The van der Waals surface area contributed by atoms with Gasteiger partial charge in [0.25, 0.3) is 0 Å². The highest BCUT2D eigenvalue weighted by atomic mass is 19.1. The van der Waals surface area contributed by atoms with Crippen molar-refractivity contribution in [1.29, 1.82) is 5.26 Å². The standard InChI is InChI=1S/C29H29FN6O4/c1-35-25-9-4-17(12-20(25)15-33-35)26-27(18-2-3-19(14-31)24(30)13-18)34-36(28(26)39-23-10-11-38-16-23)21-5-7-22(8-6-21)40-29(32)37/h2-4,9,12-13,15,21-23H,5-8,10-11,16H2,1H3,(H2,32,37)/t21?,22?,23-/m0/s1. The Bertz CT molecular complexity index is 1610. The molecule has 206 valence electrons. The van der Waals surface area contributed by atoms with Gasteiger partial charge in [-0.2, -0.15) is 15.5 Å². The van der Waals surface area contributed by atoms with Crippen LogP contribution in [0.1, 0.15) is 43.7 Å². The number of carbonyl (C=O) groups excluding carboxylic acids is 1. The van der Waals surface area contributed by atoms with Gasteiger partial charge in [0.15, 0.2) is 0 Å². The van der Waals surface area contributed by atoms with Crippen molar-refractivity contribution in [2.75, 3.05) is 13.2 Å². The highest BCUT2D eigenvalue weighted by Gasteiger charge is 2.33. The van der Waals surface area contributed by atoms with E-state index in [0.29, 0.717) is 56.0 Å². The van der Waals surface area contributed by atoms with Crippen LogP contribution in [0, 0.1) is 17.1 Å². The Kier molecular flexibility index (Phi) is 6.86. The molecule has 1 saturated heterocycles. The number of aryl methyl sites for hydroxylation is 1. The van der Waals surface area contributed by atoms with Crippen molar-refractivity contribution < 1.29 is 23.4 Å². The number of nitrogens with two attached hydrogens (primary N) is 1. The molecule has 3 heterocycles. The van der Waals surface area contributed by atoms with Crippen LogP contribution in [0.4, 0.5) is 9.18 Å². The minimum Gasteiger partial charge on any atom is -0.472 e. The molecular weight excluding hydrogens is 515 g/mol. The third-order valence-electron chi connectivity index (χ3n) is 7.70. The van der Waals surface area contributed by atoms with Crippen molar-refractivity contribution in [1.82, 2.24) is 19.6 Å². The third-order valence-corrected chi connectivity index (χ3v) is 7.70. The number of nitrogens with zero attached hydrogens (tertiary/aromatic N) is 5. The number of aromatic nitrogens is 4. The van der Waals surface area contributed by atoms with Crippen molar-refractivity contribution in [3.8, 4) is 34.3 Å². The molecule has 2 aliphatic rings. The summed E-state index contributed by atoms with van der Waals surface area (Å²) < 4.78 is 36.0. The fourth-order valence-electron chi connectivity index (χ4n) is 5.65. The molecular formula is C29H29FN6O4. The van der Waals surface area contributed by atoms with Gasteiger partial charge in [-0.05, 0) is 55.5 Å². The molecule has 0 spiro atoms. The van der Waals surface area contributed by atoms with E-state index in [2.05, 4.69) is 5.10 Å². The maximum Gasteiger partial charge on any atom is 0.404 e. The van der Waals surface area contributed by atoms with Crippen molar-refractivity contribution in [3.05, 3.63) is 54.0 Å². The molecule has 1 aliphatic carbocycles. The number of nitriles is 1. The molecule has 2 aromatic heterocycles. The van der Waals surface area contributed by atoms with Gasteiger partial charge in [-0.1, -0.05) is 12.1 Å². The first-order chi connectivity index (χ1) is 19.4. The van der Waals surface area contributed by atoms with Crippen LogP contribution in [-0.2, 0) is 16.5 Å². The van der Waals surface area contributed by atoms with Gasteiger partial charge in [0, 0.05) is 24.4 Å². The number of fused-ring (bicyclic) bond motifs is 1. The van der Waals surface area contributed by atoms with E-state index in [1.54, 1.807) is 16.9 Å². The van der Waals surface area contributed by atoms with Crippen LogP contribution >= 0.6 is 0 Å². The smallest absolute Gasteiger partial charge is 0.404 e. The predicted molar refractivity (Wildman–Crippen MR) is 144 cm³/mol. The SMILES string of the molecule is Cn1ncc2cc(-c3c(-c4ccc(C#N)c(F)c4)nn(C4CCC(OC(N)=O)CC4)c3O[C@H]3CCOC3)ccc21. The van der Waals surface area contributed by atoms with Gasteiger partial charge in [-0.15, -0.1) is 0 Å². The Morgan fingerprint density at radius 2 is 1.93 bits per heavy atom. The lowest BCUT2D eigenvalue weighted by Gasteiger charge is -2.29. The van der Waals surface area contributed by atoms with Crippen molar-refractivity contribution >= 4 is 17.0 Å². The van der Waals surface area contributed by atoms with Crippen LogP contribution in [0.3, 0.4) is 0 Å². The topological polar surface area (TPSA) is 130 Å². The fraction of sp³-hybridized carbons (Fsp3) is 0.379. The average Bonchev–Trinajstić information content (AvgIpc) is 3.68. The van der Waals surface area contributed by atoms with Crippen molar-refractivity contribution in [2.24, 2.45) is 12.8 Å². The molecule has 0 unspecified atom stereocenters.